The number of rotatable bonds is 8. The van der Waals surface area contributed by atoms with Crippen molar-refractivity contribution in [1.29, 1.82) is 0 Å². The molecule has 3 aromatic rings. The maximum atomic E-state index is 12.3. The molecule has 1 aromatic heterocycles. The van der Waals surface area contributed by atoms with E-state index in [-0.39, 0.29) is 11.7 Å². The number of carbonyl (C=O) groups excluding carboxylic acids is 1. The average Bonchev–Trinajstić information content (AvgIpc) is 3.42. The van der Waals surface area contributed by atoms with Gasteiger partial charge in [-0.2, -0.15) is 0 Å². The van der Waals surface area contributed by atoms with Crippen LogP contribution in [0.5, 0.6) is 0 Å². The molecule has 2 aromatic carbocycles. The van der Waals surface area contributed by atoms with Crippen molar-refractivity contribution in [2.24, 2.45) is 11.8 Å². The third-order valence-electron chi connectivity index (χ3n) is 6.29. The van der Waals surface area contributed by atoms with Crippen LogP contribution in [0.15, 0.2) is 40.8 Å². The van der Waals surface area contributed by atoms with Gasteiger partial charge in [0.1, 0.15) is 17.2 Å². The van der Waals surface area contributed by atoms with Crippen LogP contribution in [-0.2, 0) is 16.1 Å². The lowest BCUT2D eigenvalue weighted by atomic mass is 10.0. The molecule has 0 saturated heterocycles. The SMILES string of the molecule is CC(C)C(C(=O)O)N(c1ccc2oc3cc(NC(=O)NCC4CCCC4)ccc3c2c1)S(=O)[O-]. The van der Waals surface area contributed by atoms with Gasteiger partial charge in [-0.25, -0.2) is 9.59 Å². The number of nitrogens with one attached hydrogen (secondary N) is 2. The van der Waals surface area contributed by atoms with Gasteiger partial charge in [0, 0.05) is 40.3 Å². The van der Waals surface area contributed by atoms with Crippen LogP contribution < -0.4 is 14.9 Å². The molecule has 2 amide bonds. The van der Waals surface area contributed by atoms with E-state index in [1.165, 1.54) is 18.9 Å². The molecule has 2 unspecified atom stereocenters. The van der Waals surface area contributed by atoms with Crippen molar-refractivity contribution in [3.63, 3.8) is 0 Å². The fourth-order valence-corrected chi connectivity index (χ4v) is 5.41. The van der Waals surface area contributed by atoms with Crippen molar-refractivity contribution in [1.82, 2.24) is 5.32 Å². The van der Waals surface area contributed by atoms with Crippen LogP contribution in [0.3, 0.4) is 0 Å². The smallest absolute Gasteiger partial charge is 0.327 e. The molecule has 0 bridgehead atoms. The van der Waals surface area contributed by atoms with E-state index < -0.39 is 29.2 Å². The van der Waals surface area contributed by atoms with Gasteiger partial charge in [-0.15, -0.1) is 0 Å². The zero-order valence-electron chi connectivity index (χ0n) is 19.1. The molecule has 182 valence electrons. The first-order valence-corrected chi connectivity index (χ1v) is 12.4. The van der Waals surface area contributed by atoms with Gasteiger partial charge in [0.05, 0.1) is 5.69 Å². The first-order chi connectivity index (χ1) is 16.2. The summed E-state index contributed by atoms with van der Waals surface area (Å²) >= 11 is -2.79. The minimum absolute atomic E-state index is 0.234. The van der Waals surface area contributed by atoms with Crippen LogP contribution >= 0.6 is 0 Å². The van der Waals surface area contributed by atoms with Crippen LogP contribution in [0.2, 0.25) is 0 Å². The Morgan fingerprint density at radius 3 is 2.53 bits per heavy atom. The summed E-state index contributed by atoms with van der Waals surface area (Å²) in [6.45, 7) is 3.97. The van der Waals surface area contributed by atoms with Crippen LogP contribution in [0, 0.1) is 11.8 Å². The lowest BCUT2D eigenvalue weighted by Crippen LogP contribution is -2.45. The van der Waals surface area contributed by atoms with Gasteiger partial charge in [0.25, 0.3) is 0 Å². The molecule has 10 heteroatoms. The number of carbonyl (C=O) groups is 2. The number of amides is 2. The quantitative estimate of drug-likeness (QED) is 0.398. The number of anilines is 2. The standard InChI is InChI=1S/C24H29N3O6S/c1-14(2)22(23(28)29)27(34(31)32)17-8-10-20-19(12-17)18-9-7-16(11-21(18)33-20)26-24(30)25-13-15-5-3-4-6-15/h7-12,14-15,22H,3-6,13H2,1-2H3,(H,28,29)(H,31,32)(H2,25,26,30)/p-1. The predicted molar refractivity (Wildman–Crippen MR) is 130 cm³/mol. The average molecular weight is 487 g/mol. The normalized spacial score (nSPS) is 16.1. The number of hydrogen-bond donors (Lipinski definition) is 3. The highest BCUT2D eigenvalue weighted by molar-refractivity contribution is 7.80. The molecule has 1 heterocycles. The van der Waals surface area contributed by atoms with E-state index in [9.17, 15) is 23.5 Å². The summed E-state index contributed by atoms with van der Waals surface area (Å²) in [4.78, 5) is 24.0. The third-order valence-corrected chi connectivity index (χ3v) is 7.05. The van der Waals surface area contributed by atoms with Crippen LogP contribution in [-0.4, -0.2) is 38.5 Å². The Bertz CT molecular complexity index is 1230. The summed E-state index contributed by atoms with van der Waals surface area (Å²) < 4.78 is 30.7. The van der Waals surface area contributed by atoms with E-state index in [4.69, 9.17) is 4.42 Å². The zero-order valence-corrected chi connectivity index (χ0v) is 19.9. The van der Waals surface area contributed by atoms with Gasteiger partial charge in [0.15, 0.2) is 0 Å². The molecule has 3 N–H and O–H groups in total. The van der Waals surface area contributed by atoms with Gasteiger partial charge in [-0.05, 0) is 55.0 Å². The Kier molecular flexibility index (Phi) is 7.08. The number of nitrogens with zero attached hydrogens (tertiary/aromatic N) is 1. The number of urea groups is 1. The number of benzene rings is 2. The summed E-state index contributed by atoms with van der Waals surface area (Å²) in [5.74, 6) is -1.13. The Balaban J connectivity index is 1.59. The molecule has 0 aliphatic heterocycles. The highest BCUT2D eigenvalue weighted by atomic mass is 32.2. The molecule has 0 spiro atoms. The number of hydrogen-bond acceptors (Lipinski definition) is 5. The molecule has 4 rings (SSSR count). The number of fused-ring (bicyclic) bond motifs is 3. The summed E-state index contributed by atoms with van der Waals surface area (Å²) in [5.41, 5.74) is 1.85. The van der Waals surface area contributed by atoms with Crippen molar-refractivity contribution in [2.45, 2.75) is 45.6 Å². The Labute approximate surface area is 199 Å². The maximum absolute atomic E-state index is 12.3. The molecule has 1 aliphatic rings. The molecule has 1 aliphatic carbocycles. The Morgan fingerprint density at radius 2 is 1.88 bits per heavy atom. The lowest BCUT2D eigenvalue weighted by Gasteiger charge is -2.34. The van der Waals surface area contributed by atoms with Crippen molar-refractivity contribution < 1.29 is 27.9 Å². The number of aliphatic carboxylic acids is 1. The van der Waals surface area contributed by atoms with E-state index in [1.807, 2.05) is 0 Å². The molecule has 1 saturated carbocycles. The first kappa shape index (κ1) is 24.0. The zero-order chi connectivity index (χ0) is 24.4. The van der Waals surface area contributed by atoms with Gasteiger partial charge in [-0.3, -0.25) is 8.51 Å². The molecular formula is C24H28N3O6S-. The molecule has 0 radical (unpaired) electrons. The topological polar surface area (TPSA) is 135 Å². The van der Waals surface area contributed by atoms with Gasteiger partial charge in [0.2, 0.25) is 0 Å². The molecule has 1 fully saturated rings. The van der Waals surface area contributed by atoms with Gasteiger partial charge >= 0.3 is 12.0 Å². The first-order valence-electron chi connectivity index (χ1n) is 11.4. The van der Waals surface area contributed by atoms with Crippen molar-refractivity contribution in [2.75, 3.05) is 16.2 Å². The third kappa shape index (κ3) is 5.02. The maximum Gasteiger partial charge on any atom is 0.327 e. The summed E-state index contributed by atoms with van der Waals surface area (Å²) in [5, 5.41) is 16.7. The summed E-state index contributed by atoms with van der Waals surface area (Å²) in [6.07, 6.45) is 4.73. The highest BCUT2D eigenvalue weighted by Gasteiger charge is 2.30. The number of carboxylic acids is 1. The largest absolute Gasteiger partial charge is 0.755 e. The van der Waals surface area contributed by atoms with E-state index in [2.05, 4.69) is 10.6 Å². The van der Waals surface area contributed by atoms with Crippen molar-refractivity contribution >= 4 is 56.6 Å². The summed E-state index contributed by atoms with van der Waals surface area (Å²) in [7, 11) is 0. The van der Waals surface area contributed by atoms with Gasteiger partial charge in [-0.1, -0.05) is 26.7 Å². The number of furan rings is 1. The van der Waals surface area contributed by atoms with Crippen LogP contribution in [0.4, 0.5) is 16.2 Å². The fraction of sp³-hybridized carbons (Fsp3) is 0.417. The minimum atomic E-state index is -2.79. The highest BCUT2D eigenvalue weighted by Crippen LogP contribution is 2.34. The van der Waals surface area contributed by atoms with E-state index in [1.54, 1.807) is 44.2 Å². The molecule has 9 nitrogen and oxygen atoms in total. The molecular weight excluding hydrogens is 458 g/mol. The number of carboxylic acid groups (broad SMARTS) is 1. The van der Waals surface area contributed by atoms with Crippen molar-refractivity contribution in [3.05, 3.63) is 36.4 Å². The summed E-state index contributed by atoms with van der Waals surface area (Å²) in [6, 6.07) is 8.47. The Hall–Kier alpha value is -3.11. The lowest BCUT2D eigenvalue weighted by molar-refractivity contribution is -0.139. The second-order valence-corrected chi connectivity index (χ2v) is 9.88. The second-order valence-electron chi connectivity index (χ2n) is 9.05. The molecule has 34 heavy (non-hydrogen) atoms. The van der Waals surface area contributed by atoms with Gasteiger partial charge < -0.3 is 24.7 Å². The predicted octanol–water partition coefficient (Wildman–Crippen LogP) is 4.61. The van der Waals surface area contributed by atoms with Crippen LogP contribution in [0.1, 0.15) is 39.5 Å². The van der Waals surface area contributed by atoms with Crippen molar-refractivity contribution in [3.8, 4) is 0 Å². The fourth-order valence-electron chi connectivity index (χ4n) is 4.60. The monoisotopic (exact) mass is 486 g/mol. The Morgan fingerprint density at radius 1 is 1.15 bits per heavy atom. The van der Waals surface area contributed by atoms with Crippen LogP contribution in [0.25, 0.3) is 21.9 Å². The van der Waals surface area contributed by atoms with E-state index in [0.717, 1.165) is 22.5 Å². The van der Waals surface area contributed by atoms with E-state index in [0.29, 0.717) is 34.7 Å². The molecule has 2 atom stereocenters. The van der Waals surface area contributed by atoms with E-state index >= 15 is 0 Å². The minimum Gasteiger partial charge on any atom is -0.755 e. The second kappa shape index (κ2) is 10.0.